The van der Waals surface area contributed by atoms with Crippen molar-refractivity contribution in [1.29, 1.82) is 5.41 Å². The summed E-state index contributed by atoms with van der Waals surface area (Å²) in [6.07, 6.45) is -13.4. The molecule has 0 amide bonds. The molecule has 3 aromatic rings. The van der Waals surface area contributed by atoms with Crippen LogP contribution in [0.5, 0.6) is 0 Å². The lowest BCUT2D eigenvalue weighted by atomic mass is 9.99. The number of hydrogen-bond acceptors (Lipinski definition) is 19. The Morgan fingerprint density at radius 3 is 1.45 bits per heavy atom. The Balaban J connectivity index is 1.70. The molecule has 5 rings (SSSR count). The van der Waals surface area contributed by atoms with Crippen molar-refractivity contribution in [3.63, 3.8) is 0 Å². The molecule has 2 aliphatic rings. The van der Waals surface area contributed by atoms with Gasteiger partial charge < -0.3 is 47.4 Å². The second-order valence-electron chi connectivity index (χ2n) is 14.1. The number of thioether (sulfide) groups is 1. The van der Waals surface area contributed by atoms with Gasteiger partial charge in [-0.15, -0.1) is 11.8 Å². The van der Waals surface area contributed by atoms with Gasteiger partial charge in [-0.3, -0.25) is 24.6 Å². The number of carbonyl (C=O) groups is 7. The first-order valence-electron chi connectivity index (χ1n) is 19.5. The lowest BCUT2D eigenvalue weighted by molar-refractivity contribution is -0.245. The number of carbonyl (C=O) groups excluding carboxylic acids is 7. The van der Waals surface area contributed by atoms with E-state index in [2.05, 4.69) is 0 Å². The van der Waals surface area contributed by atoms with Gasteiger partial charge in [-0.1, -0.05) is 89.4 Å². The maximum absolute atomic E-state index is 14.1. The van der Waals surface area contributed by atoms with E-state index < -0.39 is 124 Å². The molecule has 0 unspecified atom stereocenters. The molecule has 2 fully saturated rings. The quantitative estimate of drug-likeness (QED) is 0.0644. The Morgan fingerprint density at radius 2 is 0.969 bits per heavy atom. The average Bonchev–Trinajstić information content (AvgIpc) is 3.26. The van der Waals surface area contributed by atoms with E-state index in [0.717, 1.165) is 27.7 Å². The minimum atomic E-state index is -2.51. The summed E-state index contributed by atoms with van der Waals surface area (Å²) < 4.78 is 56.0. The van der Waals surface area contributed by atoms with Crippen LogP contribution in [0.25, 0.3) is 0 Å². The van der Waals surface area contributed by atoms with E-state index >= 15 is 0 Å². The molecule has 3 aromatic carbocycles. The fraction of sp³-hybridized carbons (Fsp3) is 0.395. The smallest absolute Gasteiger partial charge is 0.338 e. The average molecular weight is 983 g/mol. The van der Waals surface area contributed by atoms with Crippen molar-refractivity contribution < 1.29 is 80.9 Å². The molecule has 0 bridgehead atoms. The highest BCUT2D eigenvalue weighted by molar-refractivity contribution is 8.00. The summed E-state index contributed by atoms with van der Waals surface area (Å²) in [5, 5.41) is 7.01. The van der Waals surface area contributed by atoms with Gasteiger partial charge in [0.05, 0.1) is 21.9 Å². The molecule has 2 saturated heterocycles. The van der Waals surface area contributed by atoms with Crippen molar-refractivity contribution in [2.45, 2.75) is 91.2 Å². The van der Waals surface area contributed by atoms with Crippen LogP contribution in [0.2, 0.25) is 0 Å². The standard InChI is InChI=1S/C43H42Cl3NO17S/c1-22(48)55-20-29-31(57-23(2)49)32(58-24(3)50)35(59-25(4)51)41(61-29)65-36-30(21-56-37(52)26-14-8-5-9-15-26)60-40(64-42(47)43(44,45)46)34(63-39(54)28-18-12-7-13-19-28)33(36)62-38(53)27-16-10-6-11-17-27/h5-19,29-36,40-41,47H,20-21H2,1-4H3/t29-,30-,31+,32+,33-,34-,35-,36-,40+,41+/m1/s1. The van der Waals surface area contributed by atoms with E-state index in [1.165, 1.54) is 36.4 Å². The molecule has 10 atom stereocenters. The van der Waals surface area contributed by atoms with Crippen LogP contribution in [0.3, 0.4) is 0 Å². The van der Waals surface area contributed by atoms with Gasteiger partial charge in [0.15, 0.2) is 24.4 Å². The maximum Gasteiger partial charge on any atom is 0.338 e. The largest absolute Gasteiger partial charge is 0.463 e. The normalized spacial score (nSPS) is 25.1. The highest BCUT2D eigenvalue weighted by Crippen LogP contribution is 2.43. The molecule has 0 spiro atoms. The summed E-state index contributed by atoms with van der Waals surface area (Å²) in [4.78, 5) is 91.4. The van der Waals surface area contributed by atoms with Gasteiger partial charge in [0.25, 0.3) is 3.79 Å². The topological polar surface area (TPSA) is 236 Å². The van der Waals surface area contributed by atoms with Crippen LogP contribution in [0.15, 0.2) is 91.0 Å². The molecule has 65 heavy (non-hydrogen) atoms. The van der Waals surface area contributed by atoms with Crippen molar-refractivity contribution in [3.05, 3.63) is 108 Å². The van der Waals surface area contributed by atoms with E-state index in [-0.39, 0.29) is 16.7 Å². The number of esters is 7. The highest BCUT2D eigenvalue weighted by atomic mass is 35.6. The third-order valence-corrected chi connectivity index (χ3v) is 11.3. The third-order valence-electron chi connectivity index (χ3n) is 9.22. The molecule has 0 saturated carbocycles. The number of nitrogens with one attached hydrogen (secondary N) is 1. The van der Waals surface area contributed by atoms with E-state index in [1.54, 1.807) is 54.6 Å². The summed E-state index contributed by atoms with van der Waals surface area (Å²) in [7, 11) is 0. The fourth-order valence-corrected chi connectivity index (χ4v) is 8.21. The Kier molecular flexibility index (Phi) is 18.0. The van der Waals surface area contributed by atoms with Crippen LogP contribution in [0.4, 0.5) is 0 Å². The van der Waals surface area contributed by atoms with Crippen molar-refractivity contribution in [2.24, 2.45) is 0 Å². The molecule has 348 valence electrons. The van der Waals surface area contributed by atoms with E-state index in [0.29, 0.717) is 11.8 Å². The number of rotatable bonds is 15. The summed E-state index contributed by atoms with van der Waals surface area (Å²) in [5.41, 5.74) is -1.41. The van der Waals surface area contributed by atoms with Gasteiger partial charge >= 0.3 is 41.8 Å². The van der Waals surface area contributed by atoms with Gasteiger partial charge in [0.2, 0.25) is 18.3 Å². The highest BCUT2D eigenvalue weighted by Gasteiger charge is 2.58. The van der Waals surface area contributed by atoms with Crippen LogP contribution >= 0.6 is 46.6 Å². The molecule has 0 radical (unpaired) electrons. The number of hydrogen-bond donors (Lipinski definition) is 1. The summed E-state index contributed by atoms with van der Waals surface area (Å²) in [6.45, 7) is 2.97. The van der Waals surface area contributed by atoms with E-state index in [9.17, 15) is 33.6 Å². The molecule has 0 aliphatic carbocycles. The van der Waals surface area contributed by atoms with Crippen molar-refractivity contribution in [2.75, 3.05) is 13.2 Å². The summed E-state index contributed by atoms with van der Waals surface area (Å²) in [5.74, 6) is -7.32. The van der Waals surface area contributed by atoms with Gasteiger partial charge in [-0.2, -0.15) is 0 Å². The van der Waals surface area contributed by atoms with Gasteiger partial charge in [0, 0.05) is 27.7 Å². The van der Waals surface area contributed by atoms with Crippen LogP contribution in [-0.4, -0.2) is 124 Å². The van der Waals surface area contributed by atoms with E-state index in [1.807, 2.05) is 0 Å². The third kappa shape index (κ3) is 14.3. The SMILES string of the molecule is CC(=O)OC[C@H]1O[C@@H](S[C@H]2[C@H](OC(=O)c3ccccc3)[C@@H](OC(=O)c3ccccc3)[C@H](OC(=N)C(Cl)(Cl)Cl)O[C@@H]2COC(=O)c2ccccc2)[C@H](OC(C)=O)[C@@H](OC(C)=O)[C@H]1OC(C)=O. The predicted molar refractivity (Wildman–Crippen MR) is 229 cm³/mol. The Hall–Kier alpha value is -5.44. The number of benzene rings is 3. The number of halogens is 3. The first kappa shape index (κ1) is 50.6. The molecular weight excluding hydrogens is 941 g/mol. The Labute approximate surface area is 391 Å². The fourth-order valence-electron chi connectivity index (χ4n) is 6.51. The molecule has 1 N–H and O–H groups in total. The zero-order valence-corrected chi connectivity index (χ0v) is 37.9. The van der Waals surface area contributed by atoms with Gasteiger partial charge in [-0.05, 0) is 36.4 Å². The predicted octanol–water partition coefficient (Wildman–Crippen LogP) is 5.57. The van der Waals surface area contributed by atoms with E-state index in [4.69, 9.17) is 87.6 Å². The molecule has 0 aromatic heterocycles. The number of ether oxygens (including phenoxy) is 10. The zero-order chi connectivity index (χ0) is 47.4. The minimum absolute atomic E-state index is 0.0125. The second-order valence-corrected chi connectivity index (χ2v) is 17.7. The molecule has 2 aliphatic heterocycles. The monoisotopic (exact) mass is 981 g/mol. The summed E-state index contributed by atoms with van der Waals surface area (Å²) in [6, 6.07) is 23.0. The lowest BCUT2D eigenvalue weighted by Crippen LogP contribution is -2.64. The molecule has 18 nitrogen and oxygen atoms in total. The maximum atomic E-state index is 14.1. The first-order valence-corrected chi connectivity index (χ1v) is 21.6. The molecule has 22 heteroatoms. The second kappa shape index (κ2) is 23.1. The molecular formula is C43H42Cl3NO17S. The van der Waals surface area contributed by atoms with Gasteiger partial charge in [0.1, 0.15) is 30.9 Å². The minimum Gasteiger partial charge on any atom is -0.463 e. The Morgan fingerprint density at radius 1 is 0.523 bits per heavy atom. The first-order chi connectivity index (χ1) is 30.8. The van der Waals surface area contributed by atoms with Crippen LogP contribution in [0, 0.1) is 5.41 Å². The lowest BCUT2D eigenvalue weighted by Gasteiger charge is -2.48. The van der Waals surface area contributed by atoms with Crippen LogP contribution in [-0.2, 0) is 66.5 Å². The zero-order valence-electron chi connectivity index (χ0n) is 34.8. The van der Waals surface area contributed by atoms with Crippen molar-refractivity contribution >= 4 is 94.2 Å². The van der Waals surface area contributed by atoms with Crippen molar-refractivity contribution in [3.8, 4) is 0 Å². The number of alkyl halides is 3. The van der Waals surface area contributed by atoms with Crippen LogP contribution in [0.1, 0.15) is 58.8 Å². The molecule has 2 heterocycles. The Bertz CT molecular complexity index is 2180. The van der Waals surface area contributed by atoms with Crippen LogP contribution < -0.4 is 0 Å². The van der Waals surface area contributed by atoms with Crippen molar-refractivity contribution in [1.82, 2.24) is 0 Å². The summed E-state index contributed by atoms with van der Waals surface area (Å²) >= 11 is 18.8. The van der Waals surface area contributed by atoms with Gasteiger partial charge in [-0.25, -0.2) is 14.4 Å².